The maximum Gasteiger partial charge on any atom is 0.270 e. The zero-order valence-electron chi connectivity index (χ0n) is 16.4. The quantitative estimate of drug-likeness (QED) is 0.478. The van der Waals surface area contributed by atoms with Crippen LogP contribution in [0.5, 0.6) is 5.75 Å². The van der Waals surface area contributed by atoms with Gasteiger partial charge in [-0.2, -0.15) is 0 Å². The molecule has 29 heavy (non-hydrogen) atoms. The Balaban J connectivity index is 1.76. The van der Waals surface area contributed by atoms with Crippen LogP contribution < -0.4 is 15.8 Å². The Bertz CT molecular complexity index is 864. The predicted octanol–water partition coefficient (Wildman–Crippen LogP) is 1.32. The molecule has 1 aromatic carbocycles. The van der Waals surface area contributed by atoms with Gasteiger partial charge in [-0.25, -0.2) is 0 Å². The van der Waals surface area contributed by atoms with E-state index in [0.29, 0.717) is 49.7 Å². The summed E-state index contributed by atoms with van der Waals surface area (Å²) in [5.74, 6) is 0.161. The van der Waals surface area contributed by atoms with Crippen molar-refractivity contribution in [3.8, 4) is 5.75 Å². The van der Waals surface area contributed by atoms with E-state index in [1.165, 1.54) is 7.05 Å². The topological polar surface area (TPSA) is 119 Å². The van der Waals surface area contributed by atoms with Crippen LogP contribution in [0.15, 0.2) is 47.6 Å². The summed E-state index contributed by atoms with van der Waals surface area (Å²) in [6.07, 6.45) is 2.77. The highest BCUT2D eigenvalue weighted by Gasteiger charge is 2.35. The fourth-order valence-electron chi connectivity index (χ4n) is 3.20. The summed E-state index contributed by atoms with van der Waals surface area (Å²) in [6.45, 7) is 1.10. The van der Waals surface area contributed by atoms with E-state index in [9.17, 15) is 9.90 Å². The minimum absolute atomic E-state index is 0.165. The lowest BCUT2D eigenvalue weighted by Crippen LogP contribution is -2.56. The van der Waals surface area contributed by atoms with E-state index in [1.807, 2.05) is 18.2 Å². The molecule has 0 atom stereocenters. The number of nitrogens with two attached hydrogens (primary N) is 1. The molecule has 0 aliphatic carbocycles. The maximum absolute atomic E-state index is 12.9. The molecule has 1 saturated heterocycles. The third kappa shape index (κ3) is 5.10. The van der Waals surface area contributed by atoms with Gasteiger partial charge in [0.2, 0.25) is 0 Å². The molecular weight excluding hydrogens is 372 g/mol. The SMILES string of the molecule is CN=C(C(=O)NC1(CO)CCOCC1)c1cc(OCc2ccccn2)ccc1N. The fraction of sp³-hybridized carbons (Fsp3) is 0.381. The number of hydrogen-bond acceptors (Lipinski definition) is 7. The molecular formula is C21H26N4O4. The number of nitrogens with zero attached hydrogens (tertiary/aromatic N) is 2. The molecule has 3 rings (SSSR count). The number of benzene rings is 1. The smallest absolute Gasteiger partial charge is 0.270 e. The molecule has 0 bridgehead atoms. The zero-order valence-corrected chi connectivity index (χ0v) is 16.4. The molecule has 0 spiro atoms. The molecule has 154 valence electrons. The first-order chi connectivity index (χ1) is 14.1. The van der Waals surface area contributed by atoms with Crippen molar-refractivity contribution in [2.45, 2.75) is 25.0 Å². The third-order valence-corrected chi connectivity index (χ3v) is 4.96. The highest BCUT2D eigenvalue weighted by atomic mass is 16.5. The molecule has 1 amide bonds. The number of carbonyl (C=O) groups excluding carboxylic acids is 1. The van der Waals surface area contributed by atoms with Crippen LogP contribution in [-0.2, 0) is 16.1 Å². The van der Waals surface area contributed by atoms with Crippen LogP contribution in [0.25, 0.3) is 0 Å². The maximum atomic E-state index is 12.9. The summed E-state index contributed by atoms with van der Waals surface area (Å²) in [5, 5.41) is 12.8. The van der Waals surface area contributed by atoms with Crippen LogP contribution in [0.4, 0.5) is 5.69 Å². The molecule has 2 aromatic rings. The van der Waals surface area contributed by atoms with E-state index in [-0.39, 0.29) is 12.3 Å². The third-order valence-electron chi connectivity index (χ3n) is 4.96. The Labute approximate surface area is 169 Å². The summed E-state index contributed by atoms with van der Waals surface area (Å²) in [7, 11) is 1.53. The standard InChI is InChI=1S/C21H26N4O4/c1-23-19(20(27)25-21(14-26)7-10-28-11-8-21)17-12-16(5-6-18(17)22)29-13-15-4-2-3-9-24-15/h2-6,9,12,26H,7-8,10-11,13-14,22H2,1H3,(H,25,27). The van der Waals surface area contributed by atoms with E-state index in [1.54, 1.807) is 24.4 Å². The molecule has 1 aliphatic rings. The molecule has 8 heteroatoms. The van der Waals surface area contributed by atoms with E-state index in [2.05, 4.69) is 15.3 Å². The number of aliphatic hydroxyl groups excluding tert-OH is 1. The monoisotopic (exact) mass is 398 g/mol. The normalized spacial score (nSPS) is 16.3. The second kappa shape index (κ2) is 9.49. The molecule has 1 aliphatic heterocycles. The molecule has 0 saturated carbocycles. The number of anilines is 1. The van der Waals surface area contributed by atoms with Crippen LogP contribution in [-0.4, -0.2) is 54.1 Å². The summed E-state index contributed by atoms with van der Waals surface area (Å²) < 4.78 is 11.1. The van der Waals surface area contributed by atoms with E-state index >= 15 is 0 Å². The van der Waals surface area contributed by atoms with Crippen molar-refractivity contribution < 1.29 is 19.4 Å². The number of aromatic nitrogens is 1. The Morgan fingerprint density at radius 2 is 2.14 bits per heavy atom. The Morgan fingerprint density at radius 1 is 1.34 bits per heavy atom. The Kier molecular flexibility index (Phi) is 6.79. The summed E-state index contributed by atoms with van der Waals surface area (Å²) in [4.78, 5) is 21.3. The number of carbonyl (C=O) groups is 1. The number of aliphatic imine (C=N–C) groups is 1. The Morgan fingerprint density at radius 3 is 2.79 bits per heavy atom. The number of nitrogens with one attached hydrogen (secondary N) is 1. The van der Waals surface area contributed by atoms with Crippen molar-refractivity contribution in [3.05, 3.63) is 53.9 Å². The van der Waals surface area contributed by atoms with E-state index in [4.69, 9.17) is 15.2 Å². The van der Waals surface area contributed by atoms with Gasteiger partial charge in [0.15, 0.2) is 0 Å². The van der Waals surface area contributed by atoms with E-state index in [0.717, 1.165) is 5.69 Å². The highest BCUT2D eigenvalue weighted by Crippen LogP contribution is 2.24. The fourth-order valence-corrected chi connectivity index (χ4v) is 3.20. The highest BCUT2D eigenvalue weighted by molar-refractivity contribution is 6.46. The first kappa shape index (κ1) is 20.8. The van der Waals surface area contributed by atoms with E-state index < -0.39 is 11.4 Å². The summed E-state index contributed by atoms with van der Waals surface area (Å²) >= 11 is 0. The van der Waals surface area contributed by atoms with Crippen molar-refractivity contribution in [1.29, 1.82) is 0 Å². The average Bonchev–Trinajstić information content (AvgIpc) is 2.76. The van der Waals surface area contributed by atoms with Crippen LogP contribution in [0.2, 0.25) is 0 Å². The molecule has 1 fully saturated rings. The Hall–Kier alpha value is -2.97. The van der Waals surface area contributed by atoms with Gasteiger partial charge in [-0.05, 0) is 43.2 Å². The van der Waals surface area contributed by atoms with Crippen LogP contribution in [0, 0.1) is 0 Å². The van der Waals surface area contributed by atoms with Crippen molar-refractivity contribution >= 4 is 17.3 Å². The molecule has 0 radical (unpaired) electrons. The minimum atomic E-state index is -0.715. The van der Waals surface area contributed by atoms with Gasteiger partial charge in [0.05, 0.1) is 17.8 Å². The molecule has 1 aromatic heterocycles. The molecule has 8 nitrogen and oxygen atoms in total. The number of pyridine rings is 1. The van der Waals surface area contributed by atoms with Crippen molar-refractivity contribution in [1.82, 2.24) is 10.3 Å². The minimum Gasteiger partial charge on any atom is -0.487 e. The van der Waals surface area contributed by atoms with Crippen LogP contribution in [0.1, 0.15) is 24.1 Å². The van der Waals surface area contributed by atoms with Gasteiger partial charge in [-0.1, -0.05) is 6.07 Å². The zero-order chi connectivity index (χ0) is 20.7. The van der Waals surface area contributed by atoms with Gasteiger partial charge in [-0.15, -0.1) is 0 Å². The number of aliphatic hydroxyl groups is 1. The predicted molar refractivity (Wildman–Crippen MR) is 110 cm³/mol. The molecule has 4 N–H and O–H groups in total. The second-order valence-corrected chi connectivity index (χ2v) is 6.94. The first-order valence-corrected chi connectivity index (χ1v) is 9.47. The van der Waals surface area contributed by atoms with Crippen molar-refractivity contribution in [2.24, 2.45) is 4.99 Å². The van der Waals surface area contributed by atoms with Crippen LogP contribution in [0.3, 0.4) is 0 Å². The van der Waals surface area contributed by atoms with Crippen LogP contribution >= 0.6 is 0 Å². The van der Waals surface area contributed by atoms with Crippen molar-refractivity contribution in [3.63, 3.8) is 0 Å². The van der Waals surface area contributed by atoms with Crippen molar-refractivity contribution in [2.75, 3.05) is 32.6 Å². The second-order valence-electron chi connectivity index (χ2n) is 6.94. The lowest BCUT2D eigenvalue weighted by Gasteiger charge is -2.36. The van der Waals surface area contributed by atoms with Gasteiger partial charge in [-0.3, -0.25) is 14.8 Å². The largest absolute Gasteiger partial charge is 0.487 e. The number of ether oxygens (including phenoxy) is 2. The number of nitrogen functional groups attached to an aromatic ring is 1. The first-order valence-electron chi connectivity index (χ1n) is 9.47. The lowest BCUT2D eigenvalue weighted by atomic mass is 9.90. The number of rotatable bonds is 7. The summed E-state index contributed by atoms with van der Waals surface area (Å²) in [6, 6.07) is 10.7. The summed E-state index contributed by atoms with van der Waals surface area (Å²) in [5.41, 5.74) is 7.26. The number of amides is 1. The average molecular weight is 398 g/mol. The molecule has 2 heterocycles. The van der Waals surface area contributed by atoms with Gasteiger partial charge in [0.1, 0.15) is 18.1 Å². The van der Waals surface area contributed by atoms with Gasteiger partial charge >= 0.3 is 0 Å². The van der Waals surface area contributed by atoms with Gasteiger partial charge < -0.3 is 25.6 Å². The van der Waals surface area contributed by atoms with Gasteiger partial charge in [0, 0.05) is 37.7 Å². The lowest BCUT2D eigenvalue weighted by molar-refractivity contribution is -0.118. The van der Waals surface area contributed by atoms with Gasteiger partial charge in [0.25, 0.3) is 5.91 Å². The number of hydrogen-bond donors (Lipinski definition) is 3. The molecule has 0 unspecified atom stereocenters.